The van der Waals surface area contributed by atoms with Crippen molar-refractivity contribution < 1.29 is 13.9 Å². The van der Waals surface area contributed by atoms with Crippen LogP contribution in [0.3, 0.4) is 0 Å². The lowest BCUT2D eigenvalue weighted by Gasteiger charge is -2.31. The van der Waals surface area contributed by atoms with Crippen LogP contribution in [0.15, 0.2) is 42.9 Å². The molecule has 1 aromatic carbocycles. The summed E-state index contributed by atoms with van der Waals surface area (Å²) in [5.74, 6) is -0.832. The molecule has 0 saturated heterocycles. The summed E-state index contributed by atoms with van der Waals surface area (Å²) in [4.78, 5) is 13.3. The molecule has 1 N–H and O–H groups in total. The molecule has 0 saturated carbocycles. The van der Waals surface area contributed by atoms with Gasteiger partial charge in [-0.2, -0.15) is 5.10 Å². The van der Waals surface area contributed by atoms with Crippen molar-refractivity contribution in [1.82, 2.24) is 29.3 Å². The Labute approximate surface area is 189 Å². The molecule has 168 valence electrons. The van der Waals surface area contributed by atoms with Gasteiger partial charge in [0, 0.05) is 18.8 Å². The number of halogens is 2. The Balaban J connectivity index is 1.44. The van der Waals surface area contributed by atoms with Crippen molar-refractivity contribution >= 4 is 12.2 Å². The Morgan fingerprint density at radius 1 is 1.06 bits per heavy atom. The molecule has 7 nitrogen and oxygen atoms in total. The summed E-state index contributed by atoms with van der Waals surface area (Å²) in [7, 11) is 0. The van der Waals surface area contributed by atoms with Gasteiger partial charge in [-0.15, -0.1) is 0 Å². The summed E-state index contributed by atoms with van der Waals surface area (Å²) in [5, 5.41) is 15.8. The van der Waals surface area contributed by atoms with Crippen LogP contribution < -0.4 is 0 Å². The minimum absolute atomic E-state index is 0.131. The first-order valence-corrected chi connectivity index (χ1v) is 10.6. The number of fused-ring (bicyclic) bond motifs is 1. The second-order valence-electron chi connectivity index (χ2n) is 8.24. The van der Waals surface area contributed by atoms with Gasteiger partial charge in [-0.1, -0.05) is 0 Å². The number of benzene rings is 1. The fraction of sp³-hybridized carbons (Fsp3) is 0.250. The minimum atomic E-state index is -1.61. The fourth-order valence-corrected chi connectivity index (χ4v) is 4.21. The van der Waals surface area contributed by atoms with Crippen LogP contribution in [0.25, 0.3) is 17.8 Å². The third-order valence-corrected chi connectivity index (χ3v) is 5.78. The lowest BCUT2D eigenvalue weighted by Crippen LogP contribution is -2.35. The highest BCUT2D eigenvalue weighted by Gasteiger charge is 2.40. The number of hydrogen-bond acceptors (Lipinski definition) is 5. The molecule has 3 aromatic heterocycles. The first-order chi connectivity index (χ1) is 15.8. The van der Waals surface area contributed by atoms with Gasteiger partial charge in [-0.25, -0.2) is 23.4 Å². The van der Waals surface area contributed by atoms with E-state index in [-0.39, 0.29) is 11.4 Å². The average molecular weight is 448 g/mol. The number of aryl methyl sites for hydroxylation is 3. The summed E-state index contributed by atoms with van der Waals surface area (Å²) in [6.45, 7) is 4.42. The van der Waals surface area contributed by atoms with Gasteiger partial charge in [-0.05, 0) is 68.7 Å². The Hall–Kier alpha value is -3.72. The third kappa shape index (κ3) is 3.95. The fourth-order valence-electron chi connectivity index (χ4n) is 4.21. The molecule has 9 heteroatoms. The largest absolute Gasteiger partial charge is 0.377 e. The number of pyridine rings is 1. The first kappa shape index (κ1) is 21.1. The second-order valence-corrected chi connectivity index (χ2v) is 8.24. The maximum atomic E-state index is 13.8. The van der Waals surface area contributed by atoms with Crippen molar-refractivity contribution in [3.8, 4) is 5.69 Å². The predicted octanol–water partition coefficient (Wildman–Crippen LogP) is 3.95. The number of rotatable bonds is 4. The predicted molar refractivity (Wildman–Crippen MR) is 118 cm³/mol. The van der Waals surface area contributed by atoms with Gasteiger partial charge in [0.15, 0.2) is 11.6 Å². The van der Waals surface area contributed by atoms with Crippen LogP contribution in [0.5, 0.6) is 0 Å². The Morgan fingerprint density at radius 2 is 1.85 bits per heavy atom. The van der Waals surface area contributed by atoms with Crippen LogP contribution in [0.2, 0.25) is 0 Å². The van der Waals surface area contributed by atoms with Crippen molar-refractivity contribution in [1.29, 1.82) is 0 Å². The van der Waals surface area contributed by atoms with Gasteiger partial charge in [0.05, 0.1) is 29.1 Å². The highest BCUT2D eigenvalue weighted by Crippen LogP contribution is 2.37. The molecule has 1 aliphatic heterocycles. The van der Waals surface area contributed by atoms with Crippen molar-refractivity contribution in [3.63, 3.8) is 0 Å². The lowest BCUT2D eigenvalue weighted by atomic mass is 9.86. The molecule has 33 heavy (non-hydrogen) atoms. The highest BCUT2D eigenvalue weighted by atomic mass is 19.1. The molecule has 0 radical (unpaired) electrons. The molecule has 0 bridgehead atoms. The van der Waals surface area contributed by atoms with E-state index in [0.29, 0.717) is 25.2 Å². The van der Waals surface area contributed by atoms with Crippen LogP contribution in [0.1, 0.15) is 47.1 Å². The number of aliphatic hydroxyl groups is 1. The van der Waals surface area contributed by atoms with E-state index in [0.717, 1.165) is 41.0 Å². The summed E-state index contributed by atoms with van der Waals surface area (Å²) < 4.78 is 31.1. The molecular formula is C24H22F2N6O. The van der Waals surface area contributed by atoms with Crippen LogP contribution in [0.4, 0.5) is 8.78 Å². The molecule has 1 atom stereocenters. The van der Waals surface area contributed by atoms with Crippen molar-refractivity contribution in [3.05, 3.63) is 88.8 Å². The second kappa shape index (κ2) is 8.00. The summed E-state index contributed by atoms with van der Waals surface area (Å²) in [5.41, 5.74) is 1.95. The van der Waals surface area contributed by atoms with E-state index in [4.69, 9.17) is 0 Å². The number of aromatic nitrogens is 6. The summed E-state index contributed by atoms with van der Waals surface area (Å²) in [6, 6.07) is 6.91. The maximum absolute atomic E-state index is 13.8. The topological polar surface area (TPSA) is 81.7 Å². The molecule has 0 spiro atoms. The number of hydrogen-bond donors (Lipinski definition) is 1. The van der Waals surface area contributed by atoms with Crippen molar-refractivity contribution in [2.75, 3.05) is 0 Å². The monoisotopic (exact) mass is 448 g/mol. The molecule has 4 aromatic rings. The van der Waals surface area contributed by atoms with Gasteiger partial charge >= 0.3 is 0 Å². The molecule has 0 amide bonds. The highest BCUT2D eigenvalue weighted by molar-refractivity contribution is 5.65. The molecule has 5 rings (SSSR count). The Morgan fingerprint density at radius 3 is 2.55 bits per heavy atom. The standard InChI is InChI=1S/C24H22F2N6O/c1-15-13-31(14-27-15)21-6-4-20(28-16(21)2)5-7-22-29-23-24(33,8-3-9-32(23)30-22)17-10-18(25)12-19(26)11-17/h4-7,10-14,33H,3,8-9H2,1-2H3/b7-5+/t24-/m0/s1. The average Bonchev–Trinajstić information content (AvgIpc) is 3.38. The molecule has 4 heterocycles. The minimum Gasteiger partial charge on any atom is -0.377 e. The number of nitrogens with zero attached hydrogens (tertiary/aromatic N) is 6. The SMILES string of the molecule is Cc1cn(-c2ccc(/C=C/c3nc4n(n3)CCC[C@]4(O)c3cc(F)cc(F)c3)nc2C)cn1. The smallest absolute Gasteiger partial charge is 0.174 e. The van der Waals surface area contributed by atoms with Crippen molar-refractivity contribution in [2.24, 2.45) is 0 Å². The van der Waals surface area contributed by atoms with E-state index in [9.17, 15) is 13.9 Å². The zero-order chi connectivity index (χ0) is 23.2. The van der Waals surface area contributed by atoms with E-state index in [2.05, 4.69) is 20.1 Å². The zero-order valence-corrected chi connectivity index (χ0v) is 18.2. The van der Waals surface area contributed by atoms with Gasteiger partial charge in [0.2, 0.25) is 0 Å². The van der Waals surface area contributed by atoms with E-state index in [1.807, 2.05) is 36.7 Å². The Kier molecular flexibility index (Phi) is 5.13. The maximum Gasteiger partial charge on any atom is 0.174 e. The van der Waals surface area contributed by atoms with E-state index in [1.54, 1.807) is 23.2 Å². The first-order valence-electron chi connectivity index (χ1n) is 10.6. The zero-order valence-electron chi connectivity index (χ0n) is 18.2. The van der Waals surface area contributed by atoms with Gasteiger partial charge in [0.1, 0.15) is 17.2 Å². The lowest BCUT2D eigenvalue weighted by molar-refractivity contribution is 0.0389. The third-order valence-electron chi connectivity index (χ3n) is 5.78. The van der Waals surface area contributed by atoms with Gasteiger partial charge in [0.25, 0.3) is 0 Å². The van der Waals surface area contributed by atoms with E-state index in [1.165, 1.54) is 0 Å². The van der Waals surface area contributed by atoms with E-state index >= 15 is 0 Å². The molecular weight excluding hydrogens is 426 g/mol. The normalized spacial score (nSPS) is 18.1. The van der Waals surface area contributed by atoms with Crippen molar-refractivity contribution in [2.45, 2.75) is 38.8 Å². The summed E-state index contributed by atoms with van der Waals surface area (Å²) >= 11 is 0. The Bertz CT molecular complexity index is 1360. The molecule has 1 aliphatic rings. The van der Waals surface area contributed by atoms with Crippen LogP contribution in [0, 0.1) is 25.5 Å². The number of imidazole rings is 1. The van der Waals surface area contributed by atoms with Gasteiger partial charge in [-0.3, -0.25) is 4.98 Å². The molecule has 0 unspecified atom stereocenters. The summed E-state index contributed by atoms with van der Waals surface area (Å²) in [6.07, 6.45) is 8.08. The molecule has 0 aliphatic carbocycles. The molecule has 0 fully saturated rings. The van der Waals surface area contributed by atoms with Gasteiger partial charge < -0.3 is 9.67 Å². The van der Waals surface area contributed by atoms with Crippen LogP contribution >= 0.6 is 0 Å². The van der Waals surface area contributed by atoms with E-state index < -0.39 is 17.2 Å². The quantitative estimate of drug-likeness (QED) is 0.511. The van der Waals surface area contributed by atoms with Crippen LogP contribution in [-0.2, 0) is 12.1 Å². The van der Waals surface area contributed by atoms with Crippen LogP contribution in [-0.4, -0.2) is 34.4 Å².